The van der Waals surface area contributed by atoms with Crippen LogP contribution in [0.4, 0.5) is 5.69 Å². The SMILES string of the molecule is COc1ccc(-c2nn(-c3ccccc3)cc2/C=N/NC(=O)C(=O)Nc2ccc(Cl)cc2)cc1. The average Bonchev–Trinajstić information content (AvgIpc) is 3.30. The maximum atomic E-state index is 12.2. The zero-order valence-electron chi connectivity index (χ0n) is 18.1. The second-order valence-corrected chi connectivity index (χ2v) is 7.54. The van der Waals surface area contributed by atoms with Crippen molar-refractivity contribution in [3.63, 3.8) is 0 Å². The molecule has 0 aliphatic carbocycles. The van der Waals surface area contributed by atoms with Crippen LogP contribution in [0.25, 0.3) is 16.9 Å². The molecule has 0 aliphatic heterocycles. The minimum Gasteiger partial charge on any atom is -0.497 e. The van der Waals surface area contributed by atoms with Gasteiger partial charge in [0.15, 0.2) is 0 Å². The molecule has 0 bridgehead atoms. The number of carbonyl (C=O) groups is 2. The molecule has 0 aliphatic rings. The summed E-state index contributed by atoms with van der Waals surface area (Å²) < 4.78 is 6.95. The van der Waals surface area contributed by atoms with Crippen LogP contribution >= 0.6 is 11.6 Å². The van der Waals surface area contributed by atoms with Gasteiger partial charge in [-0.25, -0.2) is 10.1 Å². The molecule has 2 amide bonds. The molecule has 0 atom stereocenters. The van der Waals surface area contributed by atoms with Crippen molar-refractivity contribution in [3.05, 3.63) is 95.6 Å². The van der Waals surface area contributed by atoms with E-state index in [0.717, 1.165) is 17.0 Å². The number of nitrogens with zero attached hydrogens (tertiary/aromatic N) is 3. The average molecular weight is 474 g/mol. The van der Waals surface area contributed by atoms with Crippen molar-refractivity contribution in [2.45, 2.75) is 0 Å². The number of amides is 2. The Morgan fingerprint density at radius 2 is 1.68 bits per heavy atom. The molecule has 2 N–H and O–H groups in total. The highest BCUT2D eigenvalue weighted by molar-refractivity contribution is 6.39. The Hall–Kier alpha value is -4.43. The van der Waals surface area contributed by atoms with Gasteiger partial charge in [-0.1, -0.05) is 29.8 Å². The molecule has 0 unspecified atom stereocenters. The minimum absolute atomic E-state index is 0.444. The second kappa shape index (κ2) is 10.5. The molecule has 9 heteroatoms. The van der Waals surface area contributed by atoms with Gasteiger partial charge in [0.05, 0.1) is 19.0 Å². The van der Waals surface area contributed by atoms with E-state index in [-0.39, 0.29) is 0 Å². The first-order valence-corrected chi connectivity index (χ1v) is 10.6. The van der Waals surface area contributed by atoms with Crippen LogP contribution in [0, 0.1) is 0 Å². The predicted molar refractivity (Wildman–Crippen MR) is 131 cm³/mol. The highest BCUT2D eigenvalue weighted by Gasteiger charge is 2.14. The molecule has 1 heterocycles. The highest BCUT2D eigenvalue weighted by atomic mass is 35.5. The first-order chi connectivity index (χ1) is 16.5. The van der Waals surface area contributed by atoms with Crippen molar-refractivity contribution < 1.29 is 14.3 Å². The third-order valence-corrected chi connectivity index (χ3v) is 5.06. The molecule has 4 rings (SSSR count). The summed E-state index contributed by atoms with van der Waals surface area (Å²) >= 11 is 5.83. The third-order valence-electron chi connectivity index (χ3n) is 4.80. The quantitative estimate of drug-likeness (QED) is 0.248. The van der Waals surface area contributed by atoms with E-state index in [1.807, 2.05) is 54.6 Å². The molecule has 34 heavy (non-hydrogen) atoms. The summed E-state index contributed by atoms with van der Waals surface area (Å²) in [5, 5.41) is 11.6. The topological polar surface area (TPSA) is 97.6 Å². The number of carbonyl (C=O) groups excluding carboxylic acids is 2. The lowest BCUT2D eigenvalue weighted by molar-refractivity contribution is -0.136. The van der Waals surface area contributed by atoms with E-state index in [1.165, 1.54) is 6.21 Å². The smallest absolute Gasteiger partial charge is 0.329 e. The molecule has 0 saturated heterocycles. The van der Waals surface area contributed by atoms with Gasteiger partial charge in [0.1, 0.15) is 11.4 Å². The van der Waals surface area contributed by atoms with Crippen LogP contribution in [0.5, 0.6) is 5.75 Å². The number of para-hydroxylation sites is 1. The Balaban J connectivity index is 1.53. The zero-order chi connectivity index (χ0) is 23.9. The number of methoxy groups -OCH3 is 1. The van der Waals surface area contributed by atoms with Gasteiger partial charge in [0.25, 0.3) is 0 Å². The van der Waals surface area contributed by atoms with E-state index in [4.69, 9.17) is 16.3 Å². The fourth-order valence-corrected chi connectivity index (χ4v) is 3.23. The molecule has 4 aromatic rings. The van der Waals surface area contributed by atoms with Gasteiger partial charge in [-0.3, -0.25) is 9.59 Å². The molecule has 0 radical (unpaired) electrons. The van der Waals surface area contributed by atoms with E-state index in [0.29, 0.717) is 22.0 Å². The van der Waals surface area contributed by atoms with Crippen molar-refractivity contribution >= 4 is 35.3 Å². The maximum absolute atomic E-state index is 12.2. The number of rotatable bonds is 6. The molecule has 0 fully saturated rings. The van der Waals surface area contributed by atoms with Gasteiger partial charge >= 0.3 is 11.8 Å². The number of ether oxygens (including phenoxy) is 1. The molecule has 3 aromatic carbocycles. The Morgan fingerprint density at radius 1 is 0.971 bits per heavy atom. The molecule has 0 saturated carbocycles. The van der Waals surface area contributed by atoms with E-state index in [1.54, 1.807) is 42.3 Å². The number of hydrogen-bond donors (Lipinski definition) is 2. The van der Waals surface area contributed by atoms with Crippen LogP contribution in [0.15, 0.2) is 90.2 Å². The summed E-state index contributed by atoms with van der Waals surface area (Å²) in [6.45, 7) is 0. The second-order valence-electron chi connectivity index (χ2n) is 7.10. The first-order valence-electron chi connectivity index (χ1n) is 10.2. The van der Waals surface area contributed by atoms with Gasteiger partial charge in [-0.05, 0) is 60.7 Å². The molecule has 170 valence electrons. The van der Waals surface area contributed by atoms with Crippen molar-refractivity contribution in [3.8, 4) is 22.7 Å². The third kappa shape index (κ3) is 5.48. The Bertz CT molecular complexity index is 1320. The molecule has 1 aromatic heterocycles. The fourth-order valence-electron chi connectivity index (χ4n) is 3.10. The number of anilines is 1. The van der Waals surface area contributed by atoms with E-state index in [2.05, 4.69) is 20.9 Å². The van der Waals surface area contributed by atoms with E-state index in [9.17, 15) is 9.59 Å². The van der Waals surface area contributed by atoms with Crippen LogP contribution in [-0.2, 0) is 9.59 Å². The molecule has 8 nitrogen and oxygen atoms in total. The normalized spacial score (nSPS) is 10.8. The highest BCUT2D eigenvalue weighted by Crippen LogP contribution is 2.25. The summed E-state index contributed by atoms with van der Waals surface area (Å²) in [4.78, 5) is 24.3. The van der Waals surface area contributed by atoms with Crippen LogP contribution in [0.3, 0.4) is 0 Å². The Labute approximate surface area is 200 Å². The van der Waals surface area contributed by atoms with Gasteiger partial charge in [0, 0.05) is 28.0 Å². The lowest BCUT2D eigenvalue weighted by Gasteiger charge is -2.04. The van der Waals surface area contributed by atoms with Gasteiger partial charge in [-0.2, -0.15) is 10.2 Å². The van der Waals surface area contributed by atoms with Crippen LogP contribution in [0.1, 0.15) is 5.56 Å². The Morgan fingerprint density at radius 3 is 2.35 bits per heavy atom. The van der Waals surface area contributed by atoms with Crippen LogP contribution < -0.4 is 15.5 Å². The molecular weight excluding hydrogens is 454 g/mol. The number of hydrazone groups is 1. The van der Waals surface area contributed by atoms with Crippen molar-refractivity contribution in [1.29, 1.82) is 0 Å². The van der Waals surface area contributed by atoms with Crippen molar-refractivity contribution in [2.24, 2.45) is 5.10 Å². The first kappa shape index (κ1) is 22.8. The number of halogens is 1. The molecular formula is C25H20ClN5O3. The van der Waals surface area contributed by atoms with E-state index >= 15 is 0 Å². The number of hydrogen-bond acceptors (Lipinski definition) is 5. The molecule has 0 spiro atoms. The zero-order valence-corrected chi connectivity index (χ0v) is 18.9. The van der Waals surface area contributed by atoms with Gasteiger partial charge in [-0.15, -0.1) is 0 Å². The largest absolute Gasteiger partial charge is 0.497 e. The Kier molecular flexibility index (Phi) is 7.00. The van der Waals surface area contributed by atoms with Crippen molar-refractivity contribution in [2.75, 3.05) is 12.4 Å². The van der Waals surface area contributed by atoms with E-state index < -0.39 is 11.8 Å². The van der Waals surface area contributed by atoms with Crippen LogP contribution in [0.2, 0.25) is 5.02 Å². The van der Waals surface area contributed by atoms with Gasteiger partial charge < -0.3 is 10.1 Å². The lowest BCUT2D eigenvalue weighted by Crippen LogP contribution is -2.32. The summed E-state index contributed by atoms with van der Waals surface area (Å²) in [6, 6.07) is 23.4. The monoisotopic (exact) mass is 473 g/mol. The summed E-state index contributed by atoms with van der Waals surface area (Å²) in [6.07, 6.45) is 3.23. The minimum atomic E-state index is -0.910. The maximum Gasteiger partial charge on any atom is 0.329 e. The summed E-state index contributed by atoms with van der Waals surface area (Å²) in [5.41, 5.74) is 5.68. The van der Waals surface area contributed by atoms with Crippen LogP contribution in [-0.4, -0.2) is 34.9 Å². The summed E-state index contributed by atoms with van der Waals surface area (Å²) in [7, 11) is 1.60. The number of nitrogens with one attached hydrogen (secondary N) is 2. The number of aromatic nitrogens is 2. The predicted octanol–water partition coefficient (Wildman–Crippen LogP) is 4.29. The fraction of sp³-hybridized carbons (Fsp3) is 0.0400. The van der Waals surface area contributed by atoms with Gasteiger partial charge in [0.2, 0.25) is 0 Å². The lowest BCUT2D eigenvalue weighted by atomic mass is 10.1. The standard InChI is InChI=1S/C25H20ClN5O3/c1-34-22-13-7-17(8-14-22)23-18(16-31(30-23)21-5-3-2-4-6-21)15-27-29-25(33)24(32)28-20-11-9-19(26)10-12-20/h2-16H,1H3,(H,28,32)(H,29,33)/b27-15+. The van der Waals surface area contributed by atoms with Crippen molar-refractivity contribution in [1.82, 2.24) is 15.2 Å². The number of benzene rings is 3. The summed E-state index contributed by atoms with van der Waals surface area (Å²) in [5.74, 6) is -1.04.